The van der Waals surface area contributed by atoms with Gasteiger partial charge in [0.05, 0.1) is 12.8 Å². The van der Waals surface area contributed by atoms with Crippen molar-refractivity contribution in [3.05, 3.63) is 42.6 Å². The van der Waals surface area contributed by atoms with Crippen LogP contribution in [-0.4, -0.2) is 26.7 Å². The number of rotatable bonds is 2. The van der Waals surface area contributed by atoms with Gasteiger partial charge in [0, 0.05) is 22.7 Å². The van der Waals surface area contributed by atoms with Gasteiger partial charge < -0.3 is 15.5 Å². The van der Waals surface area contributed by atoms with Crippen LogP contribution in [0.3, 0.4) is 0 Å². The highest BCUT2D eigenvalue weighted by Crippen LogP contribution is 2.28. The van der Waals surface area contributed by atoms with Crippen LogP contribution in [0.25, 0.3) is 27.8 Å². The Labute approximate surface area is 120 Å². The minimum absolute atomic E-state index is 0.225. The second-order valence-electron chi connectivity index (χ2n) is 4.77. The number of aromatic amines is 1. The number of nitrogen functional groups attached to an aromatic ring is 1. The zero-order valence-electron chi connectivity index (χ0n) is 11.4. The molecule has 21 heavy (non-hydrogen) atoms. The molecule has 0 aliphatic carbocycles. The van der Waals surface area contributed by atoms with Crippen LogP contribution in [0.15, 0.2) is 42.6 Å². The predicted molar refractivity (Wildman–Crippen MR) is 81.2 cm³/mol. The lowest BCUT2D eigenvalue weighted by Gasteiger charge is -2.07. The second-order valence-corrected chi connectivity index (χ2v) is 4.77. The van der Waals surface area contributed by atoms with E-state index in [0.717, 1.165) is 22.2 Å². The number of hydrogen-bond acceptors (Lipinski definition) is 4. The summed E-state index contributed by atoms with van der Waals surface area (Å²) in [5.41, 5.74) is 9.40. The molecule has 4 rings (SSSR count). The van der Waals surface area contributed by atoms with Gasteiger partial charge in [-0.1, -0.05) is 6.07 Å². The van der Waals surface area contributed by atoms with E-state index in [1.165, 1.54) is 0 Å². The maximum absolute atomic E-state index is 5.73. The van der Waals surface area contributed by atoms with Crippen LogP contribution >= 0.6 is 0 Å². The van der Waals surface area contributed by atoms with Crippen LogP contribution in [0.2, 0.25) is 0 Å². The summed E-state index contributed by atoms with van der Waals surface area (Å²) in [7, 11) is 1.60. The average Bonchev–Trinajstić information content (AvgIpc) is 3.10. The number of ether oxygens (including phenoxy) is 1. The summed E-state index contributed by atoms with van der Waals surface area (Å²) < 4.78 is 7.02. The molecule has 6 nitrogen and oxygen atoms in total. The third-order valence-corrected chi connectivity index (χ3v) is 3.53. The highest BCUT2D eigenvalue weighted by molar-refractivity contribution is 5.85. The van der Waals surface area contributed by atoms with Crippen molar-refractivity contribution in [1.82, 2.24) is 19.6 Å². The quantitative estimate of drug-likeness (QED) is 0.590. The molecule has 6 heteroatoms. The van der Waals surface area contributed by atoms with E-state index >= 15 is 0 Å². The summed E-state index contributed by atoms with van der Waals surface area (Å²) in [5, 5.41) is 5.40. The predicted octanol–water partition coefficient (Wildman–Crippen LogP) is 2.47. The Kier molecular flexibility index (Phi) is 2.38. The fourth-order valence-electron chi connectivity index (χ4n) is 2.55. The lowest BCUT2D eigenvalue weighted by molar-refractivity contribution is 0.416. The third-order valence-electron chi connectivity index (χ3n) is 3.53. The van der Waals surface area contributed by atoms with E-state index in [4.69, 9.17) is 10.5 Å². The van der Waals surface area contributed by atoms with Crippen LogP contribution in [0.4, 0.5) is 5.95 Å². The van der Waals surface area contributed by atoms with Gasteiger partial charge in [-0.2, -0.15) is 4.98 Å². The zero-order valence-corrected chi connectivity index (χ0v) is 11.4. The van der Waals surface area contributed by atoms with Crippen molar-refractivity contribution in [3.8, 4) is 17.0 Å². The monoisotopic (exact) mass is 279 g/mol. The van der Waals surface area contributed by atoms with Crippen molar-refractivity contribution in [2.45, 2.75) is 0 Å². The first kappa shape index (κ1) is 11.8. The molecule has 4 aromatic rings. The fourth-order valence-corrected chi connectivity index (χ4v) is 2.55. The van der Waals surface area contributed by atoms with Gasteiger partial charge in [0.1, 0.15) is 0 Å². The fraction of sp³-hybridized carbons (Fsp3) is 0.0667. The summed E-state index contributed by atoms with van der Waals surface area (Å²) >= 11 is 0. The van der Waals surface area contributed by atoms with Crippen LogP contribution in [0, 0.1) is 0 Å². The topological polar surface area (TPSA) is 81.2 Å². The van der Waals surface area contributed by atoms with Gasteiger partial charge in [0.2, 0.25) is 5.95 Å². The molecule has 0 saturated heterocycles. The number of hydrogen-bond donors (Lipinski definition) is 2. The van der Waals surface area contributed by atoms with Gasteiger partial charge in [-0.05, 0) is 30.3 Å². The standard InChI is InChI=1S/C15H13N5O/c1-21-13-5-4-12(20-14(13)18-15(16)19-20)10-2-3-11-9(8-10)6-7-17-11/h2-8,17H,1H3,(H2,16,19). The molecule has 3 heterocycles. The highest BCUT2D eigenvalue weighted by Gasteiger charge is 2.12. The minimum Gasteiger partial charge on any atom is -0.493 e. The van der Waals surface area contributed by atoms with Gasteiger partial charge in [-0.25, -0.2) is 4.52 Å². The van der Waals surface area contributed by atoms with E-state index in [1.807, 2.05) is 36.5 Å². The Hall–Kier alpha value is -3.02. The largest absolute Gasteiger partial charge is 0.493 e. The molecule has 0 aliphatic heterocycles. The van der Waals surface area contributed by atoms with E-state index in [1.54, 1.807) is 11.6 Å². The van der Waals surface area contributed by atoms with Crippen LogP contribution in [0.5, 0.6) is 5.75 Å². The Morgan fingerprint density at radius 3 is 2.95 bits per heavy atom. The van der Waals surface area contributed by atoms with E-state index in [2.05, 4.69) is 21.1 Å². The van der Waals surface area contributed by atoms with E-state index < -0.39 is 0 Å². The van der Waals surface area contributed by atoms with E-state index in [0.29, 0.717) is 11.4 Å². The molecule has 0 amide bonds. The summed E-state index contributed by atoms with van der Waals surface area (Å²) in [6, 6.07) is 12.0. The van der Waals surface area contributed by atoms with Crippen molar-refractivity contribution in [3.63, 3.8) is 0 Å². The Balaban J connectivity index is 2.01. The van der Waals surface area contributed by atoms with Gasteiger partial charge in [0.15, 0.2) is 11.4 Å². The molecule has 0 radical (unpaired) electrons. The van der Waals surface area contributed by atoms with Crippen molar-refractivity contribution in [2.75, 3.05) is 12.8 Å². The first-order valence-corrected chi connectivity index (χ1v) is 6.53. The lowest BCUT2D eigenvalue weighted by atomic mass is 10.1. The molecule has 0 fully saturated rings. The average molecular weight is 279 g/mol. The molecule has 0 saturated carbocycles. The molecule has 104 valence electrons. The number of aromatic nitrogens is 4. The number of fused-ring (bicyclic) bond motifs is 2. The SMILES string of the molecule is COc1ccc(-c2ccc3[nH]ccc3c2)n2nc(N)nc12. The molecule has 3 N–H and O–H groups in total. The van der Waals surface area contributed by atoms with Gasteiger partial charge in [0.25, 0.3) is 0 Å². The maximum Gasteiger partial charge on any atom is 0.240 e. The lowest BCUT2D eigenvalue weighted by Crippen LogP contribution is -1.97. The van der Waals surface area contributed by atoms with Crippen molar-refractivity contribution >= 4 is 22.5 Å². The number of methoxy groups -OCH3 is 1. The summed E-state index contributed by atoms with van der Waals surface area (Å²) in [6.45, 7) is 0. The molecule has 0 unspecified atom stereocenters. The van der Waals surface area contributed by atoms with Crippen molar-refractivity contribution < 1.29 is 4.74 Å². The van der Waals surface area contributed by atoms with Gasteiger partial charge in [-0.3, -0.25) is 0 Å². The smallest absolute Gasteiger partial charge is 0.240 e. The number of pyridine rings is 1. The Morgan fingerprint density at radius 1 is 1.19 bits per heavy atom. The molecule has 3 aromatic heterocycles. The Bertz CT molecular complexity index is 953. The van der Waals surface area contributed by atoms with E-state index in [9.17, 15) is 0 Å². The summed E-state index contributed by atoms with van der Waals surface area (Å²) in [4.78, 5) is 7.40. The third kappa shape index (κ3) is 1.73. The molecule has 0 atom stereocenters. The molecular weight excluding hydrogens is 266 g/mol. The molecule has 1 aromatic carbocycles. The molecule has 0 aliphatic rings. The highest BCUT2D eigenvalue weighted by atomic mass is 16.5. The van der Waals surface area contributed by atoms with Crippen LogP contribution in [-0.2, 0) is 0 Å². The van der Waals surface area contributed by atoms with Gasteiger partial charge in [-0.15, -0.1) is 5.10 Å². The maximum atomic E-state index is 5.73. The molecule has 0 bridgehead atoms. The van der Waals surface area contributed by atoms with Crippen LogP contribution in [0.1, 0.15) is 0 Å². The second kappa shape index (κ2) is 4.24. The number of nitrogens with zero attached hydrogens (tertiary/aromatic N) is 3. The van der Waals surface area contributed by atoms with Gasteiger partial charge >= 0.3 is 0 Å². The summed E-state index contributed by atoms with van der Waals surface area (Å²) in [6.07, 6.45) is 1.92. The number of nitrogens with two attached hydrogens (primary N) is 1. The first-order valence-electron chi connectivity index (χ1n) is 6.53. The molecule has 0 spiro atoms. The summed E-state index contributed by atoms with van der Waals surface area (Å²) in [5.74, 6) is 0.870. The van der Waals surface area contributed by atoms with Crippen molar-refractivity contribution in [1.29, 1.82) is 0 Å². The van der Waals surface area contributed by atoms with Crippen molar-refractivity contribution in [2.24, 2.45) is 0 Å². The first-order chi connectivity index (χ1) is 10.3. The number of nitrogens with one attached hydrogen (secondary N) is 1. The number of H-pyrrole nitrogens is 1. The minimum atomic E-state index is 0.225. The number of benzene rings is 1. The Morgan fingerprint density at radius 2 is 2.10 bits per heavy atom. The molecular formula is C15H13N5O. The van der Waals surface area contributed by atoms with Crippen LogP contribution < -0.4 is 10.5 Å². The normalized spacial score (nSPS) is 11.3. The zero-order chi connectivity index (χ0) is 14.4. The number of anilines is 1. The van der Waals surface area contributed by atoms with E-state index in [-0.39, 0.29) is 5.95 Å².